The molecule has 0 spiro atoms. The summed E-state index contributed by atoms with van der Waals surface area (Å²) in [4.78, 5) is 17.1. The third-order valence-corrected chi connectivity index (χ3v) is 14.6. The lowest BCUT2D eigenvalue weighted by Crippen LogP contribution is -2.50. The molecule has 1 atom stereocenters. The van der Waals surface area contributed by atoms with Crippen LogP contribution in [0.3, 0.4) is 0 Å². The van der Waals surface area contributed by atoms with Gasteiger partial charge in [0.05, 0.1) is 31.2 Å². The maximum absolute atomic E-state index is 14.9. The number of benzene rings is 4. The molecule has 7 rings (SSSR count). The third kappa shape index (κ3) is 11.6. The SMILES string of the molecule is C/C=C\C=C(\c1c2ccc(=[N+](CC)CC)cc-2oc2cc(N(CC)CC)ccc12)C(C)CS(=O)(=O)NC1CC(Nc2ccc(OC)cc2CN(C(C)=O)C2=C(Oc3ccccc3)CCC(F)=C2)C1. The summed E-state index contributed by atoms with van der Waals surface area (Å²) in [6, 6.07) is 27.2. The summed E-state index contributed by atoms with van der Waals surface area (Å²) in [5.41, 5.74) is 6.50. The van der Waals surface area contributed by atoms with E-state index in [1.54, 1.807) is 7.11 Å². The van der Waals surface area contributed by atoms with Crippen LogP contribution in [0.25, 0.3) is 27.9 Å². The number of rotatable bonds is 20. The normalized spacial score (nSPS) is 17.0. The molecule has 3 aromatic rings. The van der Waals surface area contributed by atoms with Crippen molar-refractivity contribution in [1.29, 1.82) is 0 Å². The van der Waals surface area contributed by atoms with Crippen LogP contribution < -0.4 is 34.3 Å². The predicted octanol–water partition coefficient (Wildman–Crippen LogP) is 10.6. The minimum atomic E-state index is -3.75. The number of sulfonamides is 1. The highest BCUT2D eigenvalue weighted by atomic mass is 32.2. The predicted molar refractivity (Wildman–Crippen MR) is 274 cm³/mol. The molecule has 1 unspecified atom stereocenters. The van der Waals surface area contributed by atoms with Gasteiger partial charge in [-0.15, -0.1) is 0 Å². The summed E-state index contributed by atoms with van der Waals surface area (Å²) in [7, 11) is -2.17. The van der Waals surface area contributed by atoms with E-state index in [-0.39, 0.29) is 48.5 Å². The van der Waals surface area contributed by atoms with Crippen LogP contribution in [0, 0.1) is 5.92 Å². The van der Waals surface area contributed by atoms with Crippen molar-refractivity contribution < 1.29 is 31.5 Å². The molecular weight excluding hydrogens is 878 g/mol. The molecular formula is C55H67FN5O6S+. The molecule has 0 radical (unpaired) electrons. The average molecular weight is 945 g/mol. The molecule has 1 heterocycles. The second-order valence-electron chi connectivity index (χ2n) is 17.6. The monoisotopic (exact) mass is 944 g/mol. The second kappa shape index (κ2) is 22.3. The highest BCUT2D eigenvalue weighted by Gasteiger charge is 2.35. The van der Waals surface area contributed by atoms with Crippen molar-refractivity contribution in [2.75, 3.05) is 49.3 Å². The summed E-state index contributed by atoms with van der Waals surface area (Å²) < 4.78 is 67.0. The third-order valence-electron chi connectivity index (χ3n) is 13.0. The fraction of sp³-hybridized carbons (Fsp3) is 0.382. The number of allylic oxidation sites excluding steroid dienone is 7. The number of hydrogen-bond acceptors (Lipinski definition) is 8. The fourth-order valence-corrected chi connectivity index (χ4v) is 11.0. The quantitative estimate of drug-likeness (QED) is 0.0450. The topological polar surface area (TPSA) is 116 Å². The van der Waals surface area contributed by atoms with Crippen LogP contribution >= 0.6 is 0 Å². The Kier molecular flexibility index (Phi) is 16.3. The van der Waals surface area contributed by atoms with Crippen LogP contribution in [0.2, 0.25) is 0 Å². The van der Waals surface area contributed by atoms with E-state index >= 15 is 0 Å². The summed E-state index contributed by atoms with van der Waals surface area (Å²) in [5, 5.41) is 5.59. The molecule has 13 heteroatoms. The zero-order valence-corrected chi connectivity index (χ0v) is 41.6. The molecule has 1 saturated carbocycles. The first kappa shape index (κ1) is 49.7. The van der Waals surface area contributed by atoms with Gasteiger partial charge in [-0.25, -0.2) is 22.1 Å². The molecule has 360 valence electrons. The van der Waals surface area contributed by atoms with Crippen LogP contribution in [-0.2, 0) is 21.4 Å². The largest absolute Gasteiger partial charge is 0.497 e. The van der Waals surface area contributed by atoms with E-state index in [0.717, 1.165) is 81.9 Å². The van der Waals surface area contributed by atoms with Crippen LogP contribution in [0.5, 0.6) is 11.5 Å². The summed E-state index contributed by atoms with van der Waals surface area (Å²) in [6.45, 7) is 17.5. The molecule has 1 aliphatic heterocycles. The van der Waals surface area contributed by atoms with E-state index < -0.39 is 10.0 Å². The Morgan fingerprint density at radius 3 is 2.37 bits per heavy atom. The molecule has 0 aromatic heterocycles. The number of nitrogens with one attached hydrogen (secondary N) is 2. The Bertz CT molecular complexity index is 2870. The number of fused-ring (bicyclic) bond motifs is 2. The van der Waals surface area contributed by atoms with Crippen molar-refractivity contribution in [3.8, 4) is 22.8 Å². The molecule has 0 saturated heterocycles. The Labute approximate surface area is 401 Å². The number of carbonyl (C=O) groups is 1. The van der Waals surface area contributed by atoms with Crippen molar-refractivity contribution in [2.24, 2.45) is 5.92 Å². The van der Waals surface area contributed by atoms with E-state index in [0.29, 0.717) is 42.2 Å². The minimum absolute atomic E-state index is 0.0420. The highest BCUT2D eigenvalue weighted by molar-refractivity contribution is 7.89. The maximum atomic E-state index is 14.9. The first-order valence-electron chi connectivity index (χ1n) is 24.0. The number of hydrogen-bond donors (Lipinski definition) is 2. The molecule has 0 bridgehead atoms. The van der Waals surface area contributed by atoms with E-state index in [9.17, 15) is 17.6 Å². The maximum Gasteiger partial charge on any atom is 0.224 e. The minimum Gasteiger partial charge on any atom is -0.497 e. The van der Waals surface area contributed by atoms with Gasteiger partial charge in [0.2, 0.25) is 21.3 Å². The van der Waals surface area contributed by atoms with Gasteiger partial charge >= 0.3 is 0 Å². The van der Waals surface area contributed by atoms with E-state index in [1.807, 2.05) is 80.6 Å². The van der Waals surface area contributed by atoms with E-state index in [1.165, 1.54) is 17.9 Å². The molecule has 3 aromatic carbocycles. The number of nitrogens with zero attached hydrogens (tertiary/aromatic N) is 3. The lowest BCUT2D eigenvalue weighted by molar-refractivity contribution is -0.127. The second-order valence-corrected chi connectivity index (χ2v) is 19.4. The van der Waals surface area contributed by atoms with Crippen molar-refractivity contribution in [3.63, 3.8) is 0 Å². The Morgan fingerprint density at radius 1 is 0.941 bits per heavy atom. The number of carbonyl (C=O) groups excluding carboxylic acids is 1. The van der Waals surface area contributed by atoms with Crippen molar-refractivity contribution in [2.45, 2.75) is 92.8 Å². The number of anilines is 2. The summed E-state index contributed by atoms with van der Waals surface area (Å²) >= 11 is 0. The van der Waals surface area contributed by atoms with Gasteiger partial charge in [-0.05, 0) is 125 Å². The molecule has 68 heavy (non-hydrogen) atoms. The zero-order chi connectivity index (χ0) is 48.5. The van der Waals surface area contributed by atoms with Crippen LogP contribution in [0.4, 0.5) is 15.8 Å². The van der Waals surface area contributed by atoms with E-state index in [4.69, 9.17) is 13.9 Å². The average Bonchev–Trinajstić information content (AvgIpc) is 3.31. The smallest absolute Gasteiger partial charge is 0.224 e. The molecule has 1 fully saturated rings. The molecule has 11 nitrogen and oxygen atoms in total. The molecule has 3 aliphatic carbocycles. The Hall–Kier alpha value is -6.18. The van der Waals surface area contributed by atoms with Gasteiger partial charge in [-0.3, -0.25) is 4.79 Å². The van der Waals surface area contributed by atoms with Gasteiger partial charge in [-0.2, -0.15) is 0 Å². The number of para-hydroxylation sites is 1. The van der Waals surface area contributed by atoms with Gasteiger partial charge in [0.25, 0.3) is 0 Å². The van der Waals surface area contributed by atoms with Crippen molar-refractivity contribution in [3.05, 3.63) is 143 Å². The first-order chi connectivity index (χ1) is 32.8. The van der Waals surface area contributed by atoms with Crippen molar-refractivity contribution >= 4 is 43.8 Å². The number of ether oxygens (including phenoxy) is 2. The fourth-order valence-electron chi connectivity index (χ4n) is 9.35. The van der Waals surface area contributed by atoms with Crippen molar-refractivity contribution in [1.82, 2.24) is 14.2 Å². The van der Waals surface area contributed by atoms with E-state index in [2.05, 4.69) is 83.6 Å². The number of methoxy groups -OCH3 is 1. The van der Waals surface area contributed by atoms with Crippen LogP contribution in [0.1, 0.15) is 85.3 Å². The van der Waals surface area contributed by atoms with Crippen LogP contribution in [0.15, 0.2) is 131 Å². The zero-order valence-electron chi connectivity index (χ0n) is 40.8. The lowest BCUT2D eigenvalue weighted by atomic mass is 9.87. The molecule has 2 N–H and O–H groups in total. The van der Waals surface area contributed by atoms with Gasteiger partial charge in [0.1, 0.15) is 47.5 Å². The molecule has 4 aliphatic rings. The Balaban J connectivity index is 1.10. The number of halogens is 1. The van der Waals surface area contributed by atoms with Gasteiger partial charge in [0.15, 0.2) is 0 Å². The standard InChI is InChI=1S/C55H67FN5O6S/c1-9-14-20-47(55-48-25-22-43(59(10-2)11-3)33-53(48)67-54-34-44(23-26-49(54)55)60(12-4)13-5)37(6)36-68(63,64)58-42-31-41(32-42)57-50-27-24-46(65-8)29-39(50)35-61(38(7)62)51-30-40(56)21-28-52(51)66-45-18-16-15-17-19-45/h9,14-20,22-27,29-30,33-34,37,41-42,57-58H,10-13,21,28,31-32,35-36H2,1-8H3/q+1/b14-9-,47-20+. The Morgan fingerprint density at radius 2 is 1.69 bits per heavy atom. The molecule has 1 amide bonds. The summed E-state index contributed by atoms with van der Waals surface area (Å²) in [6.07, 6.45) is 8.96. The lowest BCUT2D eigenvalue weighted by Gasteiger charge is -2.37. The van der Waals surface area contributed by atoms with Gasteiger partial charge < -0.3 is 29.0 Å². The summed E-state index contributed by atoms with van der Waals surface area (Å²) in [5.74, 6) is 1.35. The first-order valence-corrected chi connectivity index (χ1v) is 25.6. The van der Waals surface area contributed by atoms with Gasteiger partial charge in [-0.1, -0.05) is 43.4 Å². The number of amides is 1. The van der Waals surface area contributed by atoms with Crippen LogP contribution in [-0.4, -0.2) is 70.4 Å². The highest BCUT2D eigenvalue weighted by Crippen LogP contribution is 2.42. The van der Waals surface area contributed by atoms with Gasteiger partial charge in [0, 0.05) is 79.4 Å².